The van der Waals surface area contributed by atoms with Crippen molar-refractivity contribution in [2.45, 2.75) is 11.3 Å². The number of ketones is 1. The third kappa shape index (κ3) is 3.77. The van der Waals surface area contributed by atoms with Gasteiger partial charge in [0.2, 0.25) is 0 Å². The standard InChI is InChI=1S/C22H18N2O5S/c1-24-19-14-16(11-12-21(19)29-22(24)26)30(27,28)23-18-10-6-5-9-17(18)20(25)13-15-7-3-2-4-8-15/h2-12,14,23H,13H2,1H3. The van der Waals surface area contributed by atoms with Gasteiger partial charge in [-0.05, 0) is 35.9 Å². The minimum Gasteiger partial charge on any atom is -0.408 e. The Morgan fingerprint density at radius 1 is 1.00 bits per heavy atom. The summed E-state index contributed by atoms with van der Waals surface area (Å²) in [6, 6.07) is 19.8. The lowest BCUT2D eigenvalue weighted by Gasteiger charge is -2.12. The van der Waals surface area contributed by atoms with Gasteiger partial charge in [-0.15, -0.1) is 0 Å². The molecule has 0 aliphatic carbocycles. The first-order valence-corrected chi connectivity index (χ1v) is 10.6. The number of para-hydroxylation sites is 1. The van der Waals surface area contributed by atoms with Crippen LogP contribution in [0.3, 0.4) is 0 Å². The van der Waals surface area contributed by atoms with Gasteiger partial charge in [-0.1, -0.05) is 42.5 Å². The first kappa shape index (κ1) is 19.7. The Labute approximate surface area is 172 Å². The second-order valence-corrected chi connectivity index (χ2v) is 8.48. The summed E-state index contributed by atoms with van der Waals surface area (Å²) in [5, 5.41) is 0. The zero-order valence-electron chi connectivity index (χ0n) is 16.0. The largest absolute Gasteiger partial charge is 0.419 e. The molecule has 0 atom stereocenters. The van der Waals surface area contributed by atoms with Gasteiger partial charge in [-0.3, -0.25) is 14.1 Å². The van der Waals surface area contributed by atoms with E-state index in [-0.39, 0.29) is 28.4 Å². The fourth-order valence-corrected chi connectivity index (χ4v) is 4.27. The highest BCUT2D eigenvalue weighted by Gasteiger charge is 2.20. The highest BCUT2D eigenvalue weighted by atomic mass is 32.2. The Morgan fingerprint density at radius 2 is 1.70 bits per heavy atom. The van der Waals surface area contributed by atoms with Crippen molar-refractivity contribution in [2.75, 3.05) is 4.72 Å². The zero-order valence-corrected chi connectivity index (χ0v) is 16.8. The van der Waals surface area contributed by atoms with E-state index in [9.17, 15) is 18.0 Å². The number of sulfonamides is 1. The number of nitrogens with zero attached hydrogens (tertiary/aromatic N) is 1. The molecule has 0 unspecified atom stereocenters. The Hall–Kier alpha value is -3.65. The number of benzene rings is 3. The number of fused-ring (bicyclic) bond motifs is 1. The molecule has 1 aromatic heterocycles. The van der Waals surface area contributed by atoms with E-state index in [0.717, 1.165) is 5.56 Å². The molecule has 0 amide bonds. The third-order valence-electron chi connectivity index (χ3n) is 4.75. The second kappa shape index (κ2) is 7.64. The molecule has 0 spiro atoms. The van der Waals surface area contributed by atoms with Gasteiger partial charge < -0.3 is 4.42 Å². The number of nitrogens with one attached hydrogen (secondary N) is 1. The van der Waals surface area contributed by atoms with Gasteiger partial charge in [0.25, 0.3) is 10.0 Å². The van der Waals surface area contributed by atoms with Crippen LogP contribution in [0, 0.1) is 0 Å². The van der Waals surface area contributed by atoms with E-state index in [4.69, 9.17) is 4.42 Å². The zero-order chi connectivity index (χ0) is 21.3. The van der Waals surface area contributed by atoms with Crippen molar-refractivity contribution in [1.29, 1.82) is 0 Å². The Balaban J connectivity index is 1.66. The first-order chi connectivity index (χ1) is 14.3. The molecule has 0 aliphatic heterocycles. The third-order valence-corrected chi connectivity index (χ3v) is 6.12. The van der Waals surface area contributed by atoms with Gasteiger partial charge in [-0.2, -0.15) is 0 Å². The van der Waals surface area contributed by atoms with Crippen LogP contribution >= 0.6 is 0 Å². The molecule has 0 aliphatic rings. The molecule has 30 heavy (non-hydrogen) atoms. The molecule has 7 nitrogen and oxygen atoms in total. The summed E-state index contributed by atoms with van der Waals surface area (Å²) in [5.74, 6) is -0.781. The van der Waals surface area contributed by atoms with E-state index in [2.05, 4.69) is 4.72 Å². The number of anilines is 1. The molecule has 0 radical (unpaired) electrons. The van der Waals surface area contributed by atoms with E-state index in [0.29, 0.717) is 11.1 Å². The predicted molar refractivity (Wildman–Crippen MR) is 113 cm³/mol. The van der Waals surface area contributed by atoms with Crippen molar-refractivity contribution in [3.05, 3.63) is 94.5 Å². The summed E-state index contributed by atoms with van der Waals surface area (Å²) in [7, 11) is -2.50. The van der Waals surface area contributed by atoms with E-state index in [1.807, 2.05) is 30.3 Å². The van der Waals surface area contributed by atoms with Crippen molar-refractivity contribution in [1.82, 2.24) is 4.57 Å². The average molecular weight is 422 g/mol. The van der Waals surface area contributed by atoms with Crippen LogP contribution in [0.5, 0.6) is 0 Å². The van der Waals surface area contributed by atoms with Gasteiger partial charge in [0.1, 0.15) is 0 Å². The van der Waals surface area contributed by atoms with Gasteiger partial charge in [-0.25, -0.2) is 13.2 Å². The molecule has 4 rings (SSSR count). The number of carbonyl (C=O) groups excluding carboxylic acids is 1. The number of hydrogen-bond acceptors (Lipinski definition) is 5. The average Bonchev–Trinajstić information content (AvgIpc) is 3.02. The highest BCUT2D eigenvalue weighted by Crippen LogP contribution is 2.24. The number of oxazole rings is 1. The molecule has 0 saturated heterocycles. The summed E-state index contributed by atoms with van der Waals surface area (Å²) in [6.07, 6.45) is 0.155. The fraction of sp³-hybridized carbons (Fsp3) is 0.0909. The van der Waals surface area contributed by atoms with Crippen LogP contribution in [-0.2, 0) is 23.5 Å². The number of rotatable bonds is 6. The van der Waals surface area contributed by atoms with Crippen LogP contribution in [0.2, 0.25) is 0 Å². The normalized spacial score (nSPS) is 11.5. The maximum atomic E-state index is 13.0. The molecule has 152 valence electrons. The molecule has 0 saturated carbocycles. The minimum atomic E-state index is -4.00. The molecule has 1 N–H and O–H groups in total. The van der Waals surface area contributed by atoms with E-state index >= 15 is 0 Å². The van der Waals surface area contributed by atoms with Crippen LogP contribution in [0.4, 0.5) is 5.69 Å². The minimum absolute atomic E-state index is 0.0447. The predicted octanol–water partition coefficient (Wildman–Crippen LogP) is 3.36. The van der Waals surface area contributed by atoms with E-state index in [1.165, 1.54) is 29.8 Å². The number of hydrogen-bond donors (Lipinski definition) is 1. The lowest BCUT2D eigenvalue weighted by Crippen LogP contribution is -2.16. The van der Waals surface area contributed by atoms with E-state index in [1.54, 1.807) is 24.3 Å². The summed E-state index contributed by atoms with van der Waals surface area (Å²) in [4.78, 5) is 24.4. The van der Waals surface area contributed by atoms with E-state index < -0.39 is 15.8 Å². The maximum Gasteiger partial charge on any atom is 0.419 e. The molecule has 4 aromatic rings. The smallest absolute Gasteiger partial charge is 0.408 e. The number of Topliss-reactive ketones (excluding diaryl/α,β-unsaturated/α-hetero) is 1. The first-order valence-electron chi connectivity index (χ1n) is 9.14. The molecular weight excluding hydrogens is 404 g/mol. The Kier molecular flexibility index (Phi) is 5.01. The van der Waals surface area contributed by atoms with Crippen molar-refractivity contribution >= 4 is 32.6 Å². The number of aromatic nitrogens is 1. The van der Waals surface area contributed by atoms with Crippen molar-refractivity contribution in [3.63, 3.8) is 0 Å². The van der Waals surface area contributed by atoms with Crippen LogP contribution < -0.4 is 10.5 Å². The van der Waals surface area contributed by atoms with Crippen LogP contribution in [-0.4, -0.2) is 18.8 Å². The fourth-order valence-electron chi connectivity index (χ4n) is 3.17. The maximum absolute atomic E-state index is 13.0. The molecule has 1 heterocycles. The van der Waals surface area contributed by atoms with Gasteiger partial charge >= 0.3 is 5.76 Å². The Morgan fingerprint density at radius 3 is 2.47 bits per heavy atom. The summed E-state index contributed by atoms with van der Waals surface area (Å²) in [5.41, 5.74) is 1.96. The topological polar surface area (TPSA) is 98.4 Å². The highest BCUT2D eigenvalue weighted by molar-refractivity contribution is 7.92. The van der Waals surface area contributed by atoms with Gasteiger partial charge in [0.05, 0.1) is 16.1 Å². The second-order valence-electron chi connectivity index (χ2n) is 6.79. The quantitative estimate of drug-likeness (QED) is 0.481. The summed E-state index contributed by atoms with van der Waals surface area (Å²) >= 11 is 0. The monoisotopic (exact) mass is 422 g/mol. The summed E-state index contributed by atoms with van der Waals surface area (Å²) < 4.78 is 34.7. The molecular formula is C22H18N2O5S. The Bertz CT molecular complexity index is 1400. The van der Waals surface area contributed by atoms with Crippen LogP contribution in [0.1, 0.15) is 15.9 Å². The number of carbonyl (C=O) groups is 1. The van der Waals surface area contributed by atoms with Crippen molar-refractivity contribution < 1.29 is 17.6 Å². The van der Waals surface area contributed by atoms with Gasteiger partial charge in [0, 0.05) is 19.0 Å². The van der Waals surface area contributed by atoms with Crippen molar-refractivity contribution in [2.24, 2.45) is 7.05 Å². The lowest BCUT2D eigenvalue weighted by atomic mass is 10.0. The SMILES string of the molecule is Cn1c(=O)oc2ccc(S(=O)(=O)Nc3ccccc3C(=O)Cc3ccccc3)cc21. The lowest BCUT2D eigenvalue weighted by molar-refractivity contribution is 0.0994. The van der Waals surface area contributed by atoms with Crippen LogP contribution in [0.25, 0.3) is 11.1 Å². The van der Waals surface area contributed by atoms with Crippen molar-refractivity contribution in [3.8, 4) is 0 Å². The molecule has 8 heteroatoms. The van der Waals surface area contributed by atoms with Gasteiger partial charge in [0.15, 0.2) is 11.4 Å². The number of aryl methyl sites for hydroxylation is 1. The molecule has 3 aromatic carbocycles. The molecule has 0 bridgehead atoms. The molecule has 0 fully saturated rings. The van der Waals surface area contributed by atoms with Crippen LogP contribution in [0.15, 0.2) is 86.9 Å². The summed E-state index contributed by atoms with van der Waals surface area (Å²) in [6.45, 7) is 0.